The fraction of sp³-hybridized carbons (Fsp3) is 0.121. The molecule has 0 spiro atoms. The number of carbonyl (C=O) groups excluding carboxylic acids is 2. The van der Waals surface area contributed by atoms with Crippen molar-refractivity contribution >= 4 is 49.8 Å². The molecule has 4 heterocycles. The van der Waals surface area contributed by atoms with Gasteiger partial charge in [-0.3, -0.25) is 13.9 Å². The van der Waals surface area contributed by atoms with Crippen molar-refractivity contribution in [1.29, 1.82) is 0 Å². The van der Waals surface area contributed by atoms with Gasteiger partial charge in [0, 0.05) is 47.6 Å². The lowest BCUT2D eigenvalue weighted by atomic mass is 10.0. The quantitative estimate of drug-likeness (QED) is 0.231. The van der Waals surface area contributed by atoms with Crippen LogP contribution in [-0.4, -0.2) is 50.5 Å². The Hall–Kier alpha value is -5.49. The van der Waals surface area contributed by atoms with Gasteiger partial charge in [-0.25, -0.2) is 17.8 Å². The summed E-state index contributed by atoms with van der Waals surface area (Å²) >= 11 is 0. The Bertz CT molecular complexity index is 2310. The van der Waals surface area contributed by atoms with E-state index in [2.05, 4.69) is 5.32 Å². The molecule has 12 heteroatoms. The number of rotatable bonds is 6. The first-order chi connectivity index (χ1) is 21.6. The summed E-state index contributed by atoms with van der Waals surface area (Å²) in [5.74, 6) is -0.157. The molecule has 10 nitrogen and oxygen atoms in total. The molecule has 226 valence electrons. The smallest absolute Gasteiger partial charge is 0.255 e. The van der Waals surface area contributed by atoms with Crippen LogP contribution in [0.25, 0.3) is 55.8 Å². The van der Waals surface area contributed by atoms with E-state index in [-0.39, 0.29) is 29.3 Å². The van der Waals surface area contributed by atoms with Crippen LogP contribution >= 0.6 is 0 Å². The molecule has 0 atom stereocenters. The highest BCUT2D eigenvalue weighted by Crippen LogP contribution is 2.43. The summed E-state index contributed by atoms with van der Waals surface area (Å²) < 4.78 is 54.6. The lowest BCUT2D eigenvalue weighted by Gasteiger charge is -2.23. The number of nitrogens with zero attached hydrogens (tertiary/aromatic N) is 3. The molecule has 45 heavy (non-hydrogen) atoms. The molecular formula is C33H25FN4O6S. The van der Waals surface area contributed by atoms with E-state index >= 15 is 0 Å². The number of pyridine rings is 1. The fourth-order valence-electron chi connectivity index (χ4n) is 5.71. The van der Waals surface area contributed by atoms with E-state index in [1.165, 1.54) is 38.4 Å². The van der Waals surface area contributed by atoms with Crippen molar-refractivity contribution < 1.29 is 31.6 Å². The first-order valence-corrected chi connectivity index (χ1v) is 15.7. The number of aromatic nitrogens is 2. The molecule has 3 aromatic heterocycles. The van der Waals surface area contributed by atoms with Crippen LogP contribution in [0.3, 0.4) is 0 Å². The summed E-state index contributed by atoms with van der Waals surface area (Å²) in [5, 5.41) is 3.81. The molecule has 0 aliphatic carbocycles. The molecule has 1 aliphatic heterocycles. The van der Waals surface area contributed by atoms with Crippen molar-refractivity contribution in [3.8, 4) is 39.7 Å². The Balaban J connectivity index is 1.49. The lowest BCUT2D eigenvalue weighted by Crippen LogP contribution is -2.25. The molecule has 0 radical (unpaired) electrons. The maximum Gasteiger partial charge on any atom is 0.255 e. The Morgan fingerprint density at radius 3 is 2.56 bits per heavy atom. The number of amides is 1. The molecule has 0 saturated carbocycles. The largest absolute Gasteiger partial charge is 0.470 e. The first kappa shape index (κ1) is 28.3. The highest BCUT2D eigenvalue weighted by molar-refractivity contribution is 7.92. The van der Waals surface area contributed by atoms with Crippen molar-refractivity contribution in [3.63, 3.8) is 0 Å². The number of nitrogens with one attached hydrogen (secondary N) is 1. The molecule has 0 unspecified atom stereocenters. The minimum absolute atomic E-state index is 0.205. The van der Waals surface area contributed by atoms with E-state index in [0.29, 0.717) is 39.2 Å². The molecule has 0 fully saturated rings. The van der Waals surface area contributed by atoms with E-state index in [1.54, 1.807) is 36.4 Å². The highest BCUT2D eigenvalue weighted by Gasteiger charge is 2.28. The predicted octanol–water partition coefficient (Wildman–Crippen LogP) is 5.84. The second-order valence-electron chi connectivity index (χ2n) is 10.7. The third kappa shape index (κ3) is 4.52. The van der Waals surface area contributed by atoms with Gasteiger partial charge in [-0.05, 0) is 54.6 Å². The van der Waals surface area contributed by atoms with Gasteiger partial charge in [-0.15, -0.1) is 0 Å². The minimum atomic E-state index is -3.75. The summed E-state index contributed by atoms with van der Waals surface area (Å²) in [4.78, 5) is 29.9. The number of ether oxygens (including phenoxy) is 1. The minimum Gasteiger partial charge on any atom is -0.470 e. The number of benzene rings is 3. The van der Waals surface area contributed by atoms with Gasteiger partial charge in [0.15, 0.2) is 13.0 Å². The van der Waals surface area contributed by atoms with Crippen molar-refractivity contribution in [1.82, 2.24) is 14.9 Å². The standard InChI is InChI=1S/C33H25FN4O6S/c1-35-33(40)30-23-13-22(26(37(2)45(3,41)42)15-29(23)44-32(30)18-7-9-20(34)10-8-18)24-11-12-28-31(36-24)27-14-21-19(16-39)5-4-6-25(21)38(27)17-43-28/h4-16H,17H2,1-3H3,(H,35,40). The number of hydrogen-bond donors (Lipinski definition) is 1. The monoisotopic (exact) mass is 624 g/mol. The van der Waals surface area contributed by atoms with Gasteiger partial charge in [-0.2, -0.15) is 0 Å². The molecule has 1 aliphatic rings. The van der Waals surface area contributed by atoms with E-state index in [9.17, 15) is 22.4 Å². The number of aldehydes is 1. The van der Waals surface area contributed by atoms with Gasteiger partial charge >= 0.3 is 0 Å². The summed E-state index contributed by atoms with van der Waals surface area (Å²) in [7, 11) is -0.837. The average Bonchev–Trinajstić information content (AvgIpc) is 3.61. The summed E-state index contributed by atoms with van der Waals surface area (Å²) in [6, 6.07) is 19.6. The van der Waals surface area contributed by atoms with Gasteiger partial charge < -0.3 is 19.0 Å². The zero-order valence-corrected chi connectivity index (χ0v) is 25.1. The van der Waals surface area contributed by atoms with Crippen LogP contribution in [0.1, 0.15) is 20.7 Å². The summed E-state index contributed by atoms with van der Waals surface area (Å²) in [6.07, 6.45) is 1.89. The van der Waals surface area contributed by atoms with Crippen molar-refractivity contribution in [2.24, 2.45) is 0 Å². The Morgan fingerprint density at radius 1 is 1.07 bits per heavy atom. The second kappa shape index (κ2) is 10.3. The molecule has 6 aromatic rings. The van der Waals surface area contributed by atoms with E-state index in [0.717, 1.165) is 33.4 Å². The first-order valence-electron chi connectivity index (χ1n) is 13.8. The van der Waals surface area contributed by atoms with E-state index in [4.69, 9.17) is 14.1 Å². The number of carbonyl (C=O) groups is 2. The zero-order chi connectivity index (χ0) is 31.6. The average molecular weight is 625 g/mol. The van der Waals surface area contributed by atoms with Crippen LogP contribution in [0.4, 0.5) is 10.1 Å². The number of furan rings is 1. The van der Waals surface area contributed by atoms with Crippen molar-refractivity contribution in [3.05, 3.63) is 89.7 Å². The third-order valence-electron chi connectivity index (χ3n) is 8.04. The second-order valence-corrected chi connectivity index (χ2v) is 12.7. The lowest BCUT2D eigenvalue weighted by molar-refractivity contribution is 0.0964. The van der Waals surface area contributed by atoms with Gasteiger partial charge in [0.25, 0.3) is 5.91 Å². The Kier molecular flexibility index (Phi) is 6.48. The number of sulfonamides is 1. The van der Waals surface area contributed by atoms with E-state index in [1.807, 2.05) is 16.7 Å². The zero-order valence-electron chi connectivity index (χ0n) is 24.3. The van der Waals surface area contributed by atoms with Crippen LogP contribution in [0.5, 0.6) is 5.75 Å². The SMILES string of the molecule is CNC(=O)c1c(-c2ccc(F)cc2)oc2cc(N(C)S(C)(=O)=O)c(-c3ccc4c(n3)-c3cc5c(C=O)cccc5n3CO4)cc12. The number of anilines is 1. The molecule has 1 amide bonds. The molecular weight excluding hydrogens is 599 g/mol. The van der Waals surface area contributed by atoms with Crippen LogP contribution < -0.4 is 14.4 Å². The molecule has 7 rings (SSSR count). The maximum atomic E-state index is 13.7. The van der Waals surface area contributed by atoms with Gasteiger partial charge in [0.2, 0.25) is 10.0 Å². The number of hydrogen-bond acceptors (Lipinski definition) is 7. The van der Waals surface area contributed by atoms with Gasteiger partial charge in [0.1, 0.15) is 28.6 Å². The van der Waals surface area contributed by atoms with Crippen molar-refractivity contribution in [2.45, 2.75) is 6.73 Å². The van der Waals surface area contributed by atoms with Crippen LogP contribution in [0.2, 0.25) is 0 Å². The molecule has 0 saturated heterocycles. The van der Waals surface area contributed by atoms with E-state index < -0.39 is 21.7 Å². The number of halogens is 1. The van der Waals surface area contributed by atoms with Crippen molar-refractivity contribution in [2.75, 3.05) is 24.7 Å². The normalized spacial score (nSPS) is 12.4. The van der Waals surface area contributed by atoms with Gasteiger partial charge in [0.05, 0.1) is 34.4 Å². The highest BCUT2D eigenvalue weighted by atomic mass is 32.2. The van der Waals surface area contributed by atoms with Crippen LogP contribution in [0, 0.1) is 5.82 Å². The predicted molar refractivity (Wildman–Crippen MR) is 168 cm³/mol. The van der Waals surface area contributed by atoms with Crippen LogP contribution in [0.15, 0.2) is 77.2 Å². The molecule has 1 N–H and O–H groups in total. The fourth-order valence-corrected chi connectivity index (χ4v) is 6.22. The Labute approximate surface area is 256 Å². The topological polar surface area (TPSA) is 124 Å². The Morgan fingerprint density at radius 2 is 1.84 bits per heavy atom. The van der Waals surface area contributed by atoms with Gasteiger partial charge in [-0.1, -0.05) is 12.1 Å². The summed E-state index contributed by atoms with van der Waals surface area (Å²) in [5.41, 5.74) is 4.60. The summed E-state index contributed by atoms with van der Waals surface area (Å²) in [6.45, 7) is 0.222. The van der Waals surface area contributed by atoms with Crippen LogP contribution in [-0.2, 0) is 16.8 Å². The number of fused-ring (bicyclic) bond motifs is 6. The molecule has 3 aromatic carbocycles. The third-order valence-corrected chi connectivity index (χ3v) is 9.23. The maximum absolute atomic E-state index is 13.7. The molecule has 0 bridgehead atoms.